The average molecular weight is 254 g/mol. The van der Waals surface area contributed by atoms with Gasteiger partial charge in [0.2, 0.25) is 0 Å². The minimum Gasteiger partial charge on any atom is -0.466 e. The number of carbonyl (C=O) groups is 1. The summed E-state index contributed by atoms with van der Waals surface area (Å²) >= 11 is 1.82. The molecule has 1 aromatic heterocycles. The van der Waals surface area contributed by atoms with E-state index in [0.717, 1.165) is 12.8 Å². The minimum absolute atomic E-state index is 0.0998. The number of esters is 1. The van der Waals surface area contributed by atoms with Gasteiger partial charge < -0.3 is 4.74 Å². The van der Waals surface area contributed by atoms with Crippen LogP contribution in [0.1, 0.15) is 50.3 Å². The molecule has 96 valence electrons. The van der Waals surface area contributed by atoms with Gasteiger partial charge in [-0.2, -0.15) is 0 Å². The first-order chi connectivity index (χ1) is 7.99. The van der Waals surface area contributed by atoms with Gasteiger partial charge in [-0.05, 0) is 37.3 Å². The van der Waals surface area contributed by atoms with Crippen LogP contribution >= 0.6 is 11.3 Å². The van der Waals surface area contributed by atoms with Crippen LogP contribution in [0.25, 0.3) is 0 Å². The van der Waals surface area contributed by atoms with Crippen LogP contribution in [0.4, 0.5) is 0 Å². The molecule has 0 atom stereocenters. The lowest BCUT2D eigenvalue weighted by Gasteiger charge is -2.20. The Kier molecular flexibility index (Phi) is 5.19. The highest BCUT2D eigenvalue weighted by Gasteiger charge is 2.20. The van der Waals surface area contributed by atoms with Gasteiger partial charge in [-0.15, -0.1) is 11.3 Å². The maximum absolute atomic E-state index is 11.3. The van der Waals surface area contributed by atoms with E-state index in [2.05, 4.69) is 32.9 Å². The number of rotatable bonds is 6. The third kappa shape index (κ3) is 4.15. The van der Waals surface area contributed by atoms with Crippen molar-refractivity contribution >= 4 is 17.3 Å². The molecule has 0 saturated heterocycles. The second-order valence-electron chi connectivity index (χ2n) is 4.81. The third-order valence-electron chi connectivity index (χ3n) is 3.09. The van der Waals surface area contributed by atoms with Crippen molar-refractivity contribution < 1.29 is 9.53 Å². The van der Waals surface area contributed by atoms with Crippen LogP contribution in [0.3, 0.4) is 0 Å². The van der Waals surface area contributed by atoms with Gasteiger partial charge in [-0.3, -0.25) is 4.79 Å². The smallest absolute Gasteiger partial charge is 0.306 e. The van der Waals surface area contributed by atoms with Crippen molar-refractivity contribution in [1.29, 1.82) is 0 Å². The standard InChI is InChI=1S/C14H22O2S/c1-5-14(3,4)12-9-7-11(17-12)8-10-13(15)16-6-2/h7,9H,5-6,8,10H2,1-4H3. The van der Waals surface area contributed by atoms with Gasteiger partial charge in [0.1, 0.15) is 0 Å². The summed E-state index contributed by atoms with van der Waals surface area (Å²) in [6.45, 7) is 9.03. The molecule has 1 rings (SSSR count). The van der Waals surface area contributed by atoms with Gasteiger partial charge in [-0.25, -0.2) is 0 Å². The molecular formula is C14H22O2S. The van der Waals surface area contributed by atoms with Crippen LogP contribution in [0.2, 0.25) is 0 Å². The van der Waals surface area contributed by atoms with Crippen LogP contribution in [-0.4, -0.2) is 12.6 Å². The molecule has 0 saturated carbocycles. The average Bonchev–Trinajstić information content (AvgIpc) is 2.76. The van der Waals surface area contributed by atoms with Gasteiger partial charge in [0.05, 0.1) is 13.0 Å². The van der Waals surface area contributed by atoms with E-state index in [1.165, 1.54) is 9.75 Å². The van der Waals surface area contributed by atoms with E-state index in [1.54, 1.807) is 0 Å². The van der Waals surface area contributed by atoms with Crippen molar-refractivity contribution in [3.8, 4) is 0 Å². The SMILES string of the molecule is CCOC(=O)CCc1ccc(C(C)(C)CC)s1. The Morgan fingerprint density at radius 3 is 2.65 bits per heavy atom. The Morgan fingerprint density at radius 2 is 2.06 bits per heavy atom. The van der Waals surface area contributed by atoms with Crippen molar-refractivity contribution in [3.63, 3.8) is 0 Å². The second-order valence-corrected chi connectivity index (χ2v) is 5.98. The summed E-state index contributed by atoms with van der Waals surface area (Å²) in [7, 11) is 0. The van der Waals surface area contributed by atoms with E-state index in [4.69, 9.17) is 4.74 Å². The Bertz CT molecular complexity index is 366. The van der Waals surface area contributed by atoms with Gasteiger partial charge in [0.25, 0.3) is 0 Å². The van der Waals surface area contributed by atoms with Crippen LogP contribution in [-0.2, 0) is 21.4 Å². The monoisotopic (exact) mass is 254 g/mol. The summed E-state index contributed by atoms with van der Waals surface area (Å²) in [4.78, 5) is 13.9. The van der Waals surface area contributed by atoms with Crippen LogP contribution in [0, 0.1) is 0 Å². The fraction of sp³-hybridized carbons (Fsp3) is 0.643. The zero-order chi connectivity index (χ0) is 12.9. The van der Waals surface area contributed by atoms with Crippen molar-refractivity contribution in [2.75, 3.05) is 6.61 Å². The maximum Gasteiger partial charge on any atom is 0.306 e. The number of hydrogen-bond acceptors (Lipinski definition) is 3. The van der Waals surface area contributed by atoms with E-state index in [1.807, 2.05) is 18.3 Å². The Balaban J connectivity index is 2.54. The molecule has 0 bridgehead atoms. The van der Waals surface area contributed by atoms with Crippen LogP contribution in [0.15, 0.2) is 12.1 Å². The summed E-state index contributed by atoms with van der Waals surface area (Å²) in [5.41, 5.74) is 0.243. The molecule has 0 radical (unpaired) electrons. The van der Waals surface area contributed by atoms with E-state index in [9.17, 15) is 4.79 Å². The van der Waals surface area contributed by atoms with Gasteiger partial charge in [0, 0.05) is 9.75 Å². The Morgan fingerprint density at radius 1 is 1.35 bits per heavy atom. The molecule has 2 nitrogen and oxygen atoms in total. The molecule has 0 amide bonds. The van der Waals surface area contributed by atoms with Gasteiger partial charge >= 0.3 is 5.97 Å². The Hall–Kier alpha value is -0.830. The number of hydrogen-bond donors (Lipinski definition) is 0. The fourth-order valence-corrected chi connectivity index (χ4v) is 2.69. The normalized spacial score (nSPS) is 11.5. The zero-order valence-corrected chi connectivity index (χ0v) is 12.0. The molecule has 3 heteroatoms. The van der Waals surface area contributed by atoms with Crippen molar-refractivity contribution in [3.05, 3.63) is 21.9 Å². The zero-order valence-electron chi connectivity index (χ0n) is 11.2. The van der Waals surface area contributed by atoms with Crippen molar-refractivity contribution in [2.24, 2.45) is 0 Å². The second kappa shape index (κ2) is 6.20. The first-order valence-electron chi connectivity index (χ1n) is 6.24. The largest absolute Gasteiger partial charge is 0.466 e. The van der Waals surface area contributed by atoms with E-state index < -0.39 is 0 Å². The fourth-order valence-electron chi connectivity index (χ4n) is 1.51. The predicted molar refractivity (Wildman–Crippen MR) is 72.6 cm³/mol. The molecule has 1 aromatic rings. The quantitative estimate of drug-likeness (QED) is 0.719. The molecule has 0 spiro atoms. The molecule has 0 N–H and O–H groups in total. The lowest BCUT2D eigenvalue weighted by Crippen LogP contribution is -2.12. The number of aryl methyl sites for hydroxylation is 1. The van der Waals surface area contributed by atoms with Crippen molar-refractivity contribution in [2.45, 2.75) is 52.4 Å². The molecule has 0 aliphatic heterocycles. The summed E-state index contributed by atoms with van der Waals surface area (Å²) in [5.74, 6) is -0.0998. The molecule has 0 aliphatic rings. The molecule has 0 aromatic carbocycles. The summed E-state index contributed by atoms with van der Waals surface area (Å²) < 4.78 is 4.92. The molecule has 0 aliphatic carbocycles. The van der Waals surface area contributed by atoms with Crippen LogP contribution < -0.4 is 0 Å². The van der Waals surface area contributed by atoms with Crippen LogP contribution in [0.5, 0.6) is 0 Å². The highest BCUT2D eigenvalue weighted by molar-refractivity contribution is 7.12. The number of thiophene rings is 1. The maximum atomic E-state index is 11.3. The van der Waals surface area contributed by atoms with E-state index in [0.29, 0.717) is 13.0 Å². The first kappa shape index (κ1) is 14.2. The summed E-state index contributed by atoms with van der Waals surface area (Å²) in [6.07, 6.45) is 2.41. The first-order valence-corrected chi connectivity index (χ1v) is 7.06. The van der Waals surface area contributed by atoms with Crippen molar-refractivity contribution in [1.82, 2.24) is 0 Å². The summed E-state index contributed by atoms with van der Waals surface area (Å²) in [5, 5.41) is 0. The number of ether oxygens (including phenoxy) is 1. The lowest BCUT2D eigenvalue weighted by atomic mass is 9.89. The molecule has 0 fully saturated rings. The van der Waals surface area contributed by atoms with Gasteiger partial charge in [0.15, 0.2) is 0 Å². The molecule has 1 heterocycles. The highest BCUT2D eigenvalue weighted by Crippen LogP contribution is 2.32. The minimum atomic E-state index is -0.0998. The third-order valence-corrected chi connectivity index (χ3v) is 4.60. The highest BCUT2D eigenvalue weighted by atomic mass is 32.1. The Labute approximate surface area is 108 Å². The van der Waals surface area contributed by atoms with Gasteiger partial charge in [-0.1, -0.05) is 20.8 Å². The number of carbonyl (C=O) groups excluding carboxylic acids is 1. The molecule has 17 heavy (non-hydrogen) atoms. The predicted octanol–water partition coefficient (Wildman–Crippen LogP) is 3.93. The molecular weight excluding hydrogens is 232 g/mol. The van der Waals surface area contributed by atoms with E-state index >= 15 is 0 Å². The lowest BCUT2D eigenvalue weighted by molar-refractivity contribution is -0.143. The molecule has 0 unspecified atom stereocenters. The summed E-state index contributed by atoms with van der Waals surface area (Å²) in [6, 6.07) is 4.32. The van der Waals surface area contributed by atoms with E-state index in [-0.39, 0.29) is 11.4 Å². The topological polar surface area (TPSA) is 26.3 Å².